The number of carbonyl (C=O) groups excluding carboxylic acids is 2. The third-order valence-corrected chi connectivity index (χ3v) is 5.43. The van der Waals surface area contributed by atoms with Crippen LogP contribution in [0.3, 0.4) is 0 Å². The Morgan fingerprint density at radius 1 is 1.34 bits per heavy atom. The maximum Gasteiger partial charge on any atom is 0.416 e. The normalized spacial score (nSPS) is 16.6. The van der Waals surface area contributed by atoms with Crippen LogP contribution in [0.1, 0.15) is 32.9 Å². The van der Waals surface area contributed by atoms with E-state index in [1.807, 2.05) is 0 Å². The summed E-state index contributed by atoms with van der Waals surface area (Å²) < 4.78 is 73.7. The number of aryl methyl sites for hydroxylation is 1. The number of benzene rings is 2. The minimum Gasteiger partial charge on any atom is -0.494 e. The van der Waals surface area contributed by atoms with Crippen LogP contribution < -0.4 is 15.3 Å². The number of alkyl halides is 3. The van der Waals surface area contributed by atoms with E-state index >= 15 is 0 Å². The molecule has 2 N–H and O–H groups in total. The molecular weight excluding hydrogens is 469 g/mol. The number of ether oxygens (including phenoxy) is 2. The zero-order chi connectivity index (χ0) is 27.7. The van der Waals surface area contributed by atoms with Crippen molar-refractivity contribution in [1.29, 1.82) is 0 Å². The standard InChI is InChI=1S/C23H23F3N4O5/c1-34-19-13-17-16(12-18(19)30-8-4-10-35-22(30)33)27-21(29(17)7-3-9-31)28-20(32)14-5-2-6-15(11-14)23(24,25)26/h2,5-6,11-13,31H,3-4,7-10H2,1H3,(H,27,28,32)/i1D3. The quantitative estimate of drug-likeness (QED) is 0.544. The van der Waals surface area contributed by atoms with E-state index in [4.69, 9.17) is 13.6 Å². The highest BCUT2D eigenvalue weighted by atomic mass is 19.4. The van der Waals surface area contributed by atoms with Gasteiger partial charge in [0.25, 0.3) is 5.91 Å². The number of rotatable bonds is 6. The van der Waals surface area contributed by atoms with Gasteiger partial charge in [0.05, 0.1) is 40.0 Å². The Kier molecular flexibility index (Phi) is 5.77. The van der Waals surface area contributed by atoms with Crippen LogP contribution in [0.25, 0.3) is 11.0 Å². The molecule has 1 fully saturated rings. The molecule has 1 saturated heterocycles. The number of fused-ring (bicyclic) bond motifs is 1. The molecule has 1 aliphatic heterocycles. The second-order valence-corrected chi connectivity index (χ2v) is 7.73. The smallest absolute Gasteiger partial charge is 0.416 e. The number of aliphatic hydroxyl groups excluding tert-OH is 1. The summed E-state index contributed by atoms with van der Waals surface area (Å²) in [5.41, 5.74) is -0.617. The van der Waals surface area contributed by atoms with Crippen molar-refractivity contribution >= 4 is 28.7 Å². The second-order valence-electron chi connectivity index (χ2n) is 7.73. The molecule has 1 aromatic heterocycles. The van der Waals surface area contributed by atoms with E-state index in [2.05, 4.69) is 9.98 Å². The summed E-state index contributed by atoms with van der Waals surface area (Å²) in [6.07, 6.45) is -4.64. The summed E-state index contributed by atoms with van der Waals surface area (Å²) in [5, 5.41) is 9.36. The number of amides is 2. The predicted octanol–water partition coefficient (Wildman–Crippen LogP) is 3.47. The summed E-state index contributed by atoms with van der Waals surface area (Å²) >= 11 is 0. The fourth-order valence-electron chi connectivity index (χ4n) is 3.78. The number of anilines is 1. The van der Waals surface area contributed by atoms with Crippen LogP contribution in [-0.2, 0) is 17.5 Å². The first kappa shape index (κ1) is 20.6. The molecule has 186 valence electrons. The van der Waals surface area contributed by atoms with Gasteiger partial charge in [0.1, 0.15) is 5.75 Å². The van der Waals surface area contributed by atoms with Crippen molar-refractivity contribution in [3.05, 3.63) is 53.1 Å². The average molecular weight is 495 g/mol. The Labute approximate surface area is 201 Å². The number of nitrogens with zero attached hydrogens (tertiary/aromatic N) is 3. The number of hydrogen-bond acceptors (Lipinski definition) is 5. The SMILES string of the molecule is [2H]C([2H])([2H])Oc1cc2c(cc1N1CCCOC1=O)[nH]/c(=N\C(=O)c1cccc(C(F)(F)F)c1)n2CCCO. The monoisotopic (exact) mass is 495 g/mol. The summed E-state index contributed by atoms with van der Waals surface area (Å²) in [6, 6.07) is 6.60. The third kappa shape index (κ3) is 5.02. The third-order valence-electron chi connectivity index (χ3n) is 5.43. The molecule has 2 amide bonds. The fraction of sp³-hybridized carbons (Fsp3) is 0.348. The Bertz CT molecular complexity index is 1430. The lowest BCUT2D eigenvalue weighted by molar-refractivity contribution is -0.137. The molecule has 3 aromatic rings. The first-order valence-corrected chi connectivity index (χ1v) is 10.6. The van der Waals surface area contributed by atoms with Crippen LogP contribution in [-0.4, -0.2) is 53.5 Å². The van der Waals surface area contributed by atoms with Crippen LogP contribution >= 0.6 is 0 Å². The number of cyclic esters (lactones) is 1. The lowest BCUT2D eigenvalue weighted by atomic mass is 10.1. The van der Waals surface area contributed by atoms with Crippen molar-refractivity contribution in [2.45, 2.75) is 25.6 Å². The number of halogens is 3. The van der Waals surface area contributed by atoms with Gasteiger partial charge in [0.15, 0.2) is 0 Å². The van der Waals surface area contributed by atoms with Gasteiger partial charge in [0.2, 0.25) is 5.62 Å². The van der Waals surface area contributed by atoms with Gasteiger partial charge in [-0.1, -0.05) is 6.07 Å². The van der Waals surface area contributed by atoms with E-state index in [9.17, 15) is 27.9 Å². The first-order chi connectivity index (χ1) is 17.9. The number of aromatic amines is 1. The van der Waals surface area contributed by atoms with Crippen LogP contribution in [0.15, 0.2) is 41.4 Å². The molecule has 35 heavy (non-hydrogen) atoms. The van der Waals surface area contributed by atoms with Crippen LogP contribution in [0.4, 0.5) is 23.7 Å². The Morgan fingerprint density at radius 3 is 2.89 bits per heavy atom. The Hall–Kier alpha value is -3.80. The zero-order valence-electron chi connectivity index (χ0n) is 21.3. The van der Waals surface area contributed by atoms with Gasteiger partial charge in [0, 0.05) is 31.3 Å². The average Bonchev–Trinajstić information content (AvgIpc) is 3.16. The molecule has 0 bridgehead atoms. The number of carbonyl (C=O) groups is 2. The number of hydrogen-bond donors (Lipinski definition) is 2. The lowest BCUT2D eigenvalue weighted by Crippen LogP contribution is -2.37. The minimum atomic E-state index is -4.65. The molecule has 0 radical (unpaired) electrons. The van der Waals surface area contributed by atoms with E-state index in [0.29, 0.717) is 23.5 Å². The fourth-order valence-corrected chi connectivity index (χ4v) is 3.78. The molecular formula is C23H23F3N4O5. The topological polar surface area (TPSA) is 109 Å². The number of nitrogens with one attached hydrogen (secondary N) is 1. The Balaban J connectivity index is 1.88. The molecule has 2 aromatic carbocycles. The van der Waals surface area contributed by atoms with E-state index in [1.165, 1.54) is 27.7 Å². The van der Waals surface area contributed by atoms with Crippen molar-refractivity contribution in [3.63, 3.8) is 0 Å². The van der Waals surface area contributed by atoms with E-state index in [-0.39, 0.29) is 55.3 Å². The first-order valence-electron chi connectivity index (χ1n) is 12.1. The molecule has 0 saturated carbocycles. The largest absolute Gasteiger partial charge is 0.494 e. The molecule has 0 atom stereocenters. The summed E-state index contributed by atoms with van der Waals surface area (Å²) in [5.74, 6) is -1.12. The van der Waals surface area contributed by atoms with Crippen LogP contribution in [0.2, 0.25) is 0 Å². The van der Waals surface area contributed by atoms with Gasteiger partial charge in [-0.3, -0.25) is 9.69 Å². The molecule has 0 unspecified atom stereocenters. The van der Waals surface area contributed by atoms with E-state index in [1.54, 1.807) is 0 Å². The van der Waals surface area contributed by atoms with E-state index in [0.717, 1.165) is 12.1 Å². The Morgan fingerprint density at radius 2 is 2.17 bits per heavy atom. The highest BCUT2D eigenvalue weighted by molar-refractivity contribution is 5.96. The maximum absolute atomic E-state index is 13.1. The minimum absolute atomic E-state index is 0.0610. The highest BCUT2D eigenvalue weighted by Gasteiger charge is 2.31. The number of imidazole rings is 1. The molecule has 12 heteroatoms. The van der Waals surface area contributed by atoms with Gasteiger partial charge in [-0.05, 0) is 37.1 Å². The van der Waals surface area contributed by atoms with E-state index < -0.39 is 30.8 Å². The highest BCUT2D eigenvalue weighted by Crippen LogP contribution is 2.34. The molecule has 0 aliphatic carbocycles. The zero-order valence-corrected chi connectivity index (χ0v) is 18.3. The van der Waals surface area contributed by atoms with Crippen molar-refractivity contribution in [2.24, 2.45) is 4.99 Å². The second kappa shape index (κ2) is 9.82. The molecule has 9 nitrogen and oxygen atoms in total. The van der Waals surface area contributed by atoms with Crippen molar-refractivity contribution in [1.82, 2.24) is 9.55 Å². The summed E-state index contributed by atoms with van der Waals surface area (Å²) in [6.45, 7) is 0.329. The van der Waals surface area contributed by atoms with Gasteiger partial charge in [-0.25, -0.2) is 4.79 Å². The molecule has 2 heterocycles. The van der Waals surface area contributed by atoms with Gasteiger partial charge in [-0.15, -0.1) is 0 Å². The molecule has 4 rings (SSSR count). The number of aliphatic hydroxyl groups is 1. The molecule has 1 aliphatic rings. The van der Waals surface area contributed by atoms with Crippen molar-refractivity contribution in [2.75, 3.05) is 31.7 Å². The van der Waals surface area contributed by atoms with Gasteiger partial charge in [-0.2, -0.15) is 18.2 Å². The van der Waals surface area contributed by atoms with Gasteiger partial charge < -0.3 is 24.1 Å². The van der Waals surface area contributed by atoms with Gasteiger partial charge >= 0.3 is 12.3 Å². The number of aromatic nitrogens is 2. The van der Waals surface area contributed by atoms with Crippen molar-refractivity contribution < 1.29 is 41.5 Å². The number of methoxy groups -OCH3 is 1. The number of H-pyrrole nitrogens is 1. The van der Waals surface area contributed by atoms with Crippen LogP contribution in [0.5, 0.6) is 5.75 Å². The van der Waals surface area contributed by atoms with Crippen molar-refractivity contribution in [3.8, 4) is 5.75 Å². The summed E-state index contributed by atoms with van der Waals surface area (Å²) in [4.78, 5) is 33.3. The lowest BCUT2D eigenvalue weighted by Gasteiger charge is -2.27. The van der Waals surface area contributed by atoms with Crippen LogP contribution in [0, 0.1) is 0 Å². The maximum atomic E-state index is 13.1. The summed E-state index contributed by atoms with van der Waals surface area (Å²) in [7, 11) is -2.86. The predicted molar refractivity (Wildman–Crippen MR) is 119 cm³/mol. The molecule has 0 spiro atoms.